The number of carbonyl (C=O) groups excluding carboxylic acids is 1. The number of hydrogen-bond donors (Lipinski definition) is 1. The van der Waals surface area contributed by atoms with E-state index in [9.17, 15) is 18.0 Å². The standard InChI is InChI=1S/C17H20F3NO2/c1-7-16(5,6)12-9-8-11(17(18,19)20)10-13(12)21-14(22)23-15(2,3)4/h1,8-10H,2-6H3,(H,21,22). The summed E-state index contributed by atoms with van der Waals surface area (Å²) in [4.78, 5) is 11.9. The number of benzene rings is 1. The minimum atomic E-state index is -4.52. The number of carbonyl (C=O) groups is 1. The quantitative estimate of drug-likeness (QED) is 0.779. The van der Waals surface area contributed by atoms with Crippen LogP contribution < -0.4 is 5.32 Å². The lowest BCUT2D eigenvalue weighted by Crippen LogP contribution is -2.28. The van der Waals surface area contributed by atoms with Crippen LogP contribution in [0.1, 0.15) is 45.7 Å². The Morgan fingerprint density at radius 1 is 1.17 bits per heavy atom. The molecule has 0 radical (unpaired) electrons. The predicted octanol–water partition coefficient (Wildman–Crippen LogP) is 4.96. The Hall–Kier alpha value is -2.16. The van der Waals surface area contributed by atoms with Gasteiger partial charge in [-0.25, -0.2) is 4.79 Å². The largest absolute Gasteiger partial charge is 0.444 e. The topological polar surface area (TPSA) is 38.3 Å². The molecule has 1 aromatic rings. The molecular weight excluding hydrogens is 307 g/mol. The first-order chi connectivity index (χ1) is 10.3. The third kappa shape index (κ3) is 5.20. The number of amides is 1. The summed E-state index contributed by atoms with van der Waals surface area (Å²) in [6, 6.07) is 3.07. The molecule has 0 spiro atoms. The molecule has 0 unspecified atom stereocenters. The number of hydrogen-bond acceptors (Lipinski definition) is 2. The van der Waals surface area contributed by atoms with Crippen molar-refractivity contribution in [3.05, 3.63) is 29.3 Å². The monoisotopic (exact) mass is 327 g/mol. The Morgan fingerprint density at radius 3 is 2.17 bits per heavy atom. The molecule has 0 bridgehead atoms. The maximum atomic E-state index is 12.9. The fourth-order valence-corrected chi connectivity index (χ4v) is 1.86. The summed E-state index contributed by atoms with van der Waals surface area (Å²) in [5, 5.41) is 2.36. The second-order valence-electron chi connectivity index (χ2n) is 6.65. The van der Waals surface area contributed by atoms with E-state index in [-0.39, 0.29) is 5.69 Å². The number of nitrogens with one attached hydrogen (secondary N) is 1. The van der Waals surface area contributed by atoms with Crippen molar-refractivity contribution >= 4 is 11.8 Å². The van der Waals surface area contributed by atoms with Crippen molar-refractivity contribution in [3.8, 4) is 12.3 Å². The highest BCUT2D eigenvalue weighted by atomic mass is 19.4. The van der Waals surface area contributed by atoms with Crippen LogP contribution in [0.15, 0.2) is 18.2 Å². The van der Waals surface area contributed by atoms with Crippen LogP contribution in [-0.2, 0) is 16.3 Å². The fraction of sp³-hybridized carbons (Fsp3) is 0.471. The van der Waals surface area contributed by atoms with Gasteiger partial charge in [0.05, 0.1) is 11.0 Å². The molecule has 0 aliphatic carbocycles. The SMILES string of the molecule is C#CC(C)(C)c1ccc(C(F)(F)F)cc1NC(=O)OC(C)(C)C. The lowest BCUT2D eigenvalue weighted by atomic mass is 9.84. The van der Waals surface area contributed by atoms with Crippen molar-refractivity contribution in [3.63, 3.8) is 0 Å². The van der Waals surface area contributed by atoms with Gasteiger partial charge in [-0.2, -0.15) is 13.2 Å². The van der Waals surface area contributed by atoms with Crippen molar-refractivity contribution in [2.75, 3.05) is 5.32 Å². The molecule has 3 nitrogen and oxygen atoms in total. The van der Waals surface area contributed by atoms with Crippen LogP contribution in [0.25, 0.3) is 0 Å². The maximum absolute atomic E-state index is 12.9. The molecule has 0 fully saturated rings. The van der Waals surface area contributed by atoms with Crippen LogP contribution in [0.4, 0.5) is 23.7 Å². The highest BCUT2D eigenvalue weighted by molar-refractivity contribution is 5.86. The minimum Gasteiger partial charge on any atom is -0.444 e. The minimum absolute atomic E-state index is 0.0166. The van der Waals surface area contributed by atoms with E-state index in [2.05, 4.69) is 11.2 Å². The molecule has 1 aromatic carbocycles. The van der Waals surface area contributed by atoms with Crippen LogP contribution in [0.5, 0.6) is 0 Å². The Kier molecular flexibility index (Phi) is 5.05. The van der Waals surface area contributed by atoms with Crippen LogP contribution in [0.2, 0.25) is 0 Å². The highest BCUT2D eigenvalue weighted by Crippen LogP contribution is 2.36. The van der Waals surface area contributed by atoms with Gasteiger partial charge in [-0.05, 0) is 52.3 Å². The number of halogens is 3. The molecule has 6 heteroatoms. The second-order valence-corrected chi connectivity index (χ2v) is 6.65. The van der Waals surface area contributed by atoms with Gasteiger partial charge in [-0.1, -0.05) is 12.0 Å². The highest BCUT2D eigenvalue weighted by Gasteiger charge is 2.33. The van der Waals surface area contributed by atoms with Crippen LogP contribution in [0.3, 0.4) is 0 Å². The molecular formula is C17H20F3NO2. The zero-order valence-electron chi connectivity index (χ0n) is 13.8. The average molecular weight is 327 g/mol. The summed E-state index contributed by atoms with van der Waals surface area (Å²) in [7, 11) is 0. The first kappa shape index (κ1) is 18.9. The van der Waals surface area contributed by atoms with Crippen molar-refractivity contribution < 1.29 is 22.7 Å². The third-order valence-corrected chi connectivity index (χ3v) is 3.02. The maximum Gasteiger partial charge on any atom is 0.416 e. The second kappa shape index (κ2) is 6.15. The van der Waals surface area contributed by atoms with E-state index < -0.39 is 28.8 Å². The van der Waals surface area contributed by atoms with Crippen LogP contribution >= 0.6 is 0 Å². The molecule has 1 N–H and O–H groups in total. The van der Waals surface area contributed by atoms with Gasteiger partial charge in [0.15, 0.2) is 0 Å². The Morgan fingerprint density at radius 2 is 1.74 bits per heavy atom. The van der Waals surface area contributed by atoms with E-state index in [1.54, 1.807) is 34.6 Å². The Labute approximate surface area is 134 Å². The molecule has 0 aromatic heterocycles. The molecule has 0 saturated heterocycles. The lowest BCUT2D eigenvalue weighted by molar-refractivity contribution is -0.137. The van der Waals surface area contributed by atoms with Gasteiger partial charge in [0.2, 0.25) is 0 Å². The van der Waals surface area contributed by atoms with E-state index in [1.165, 1.54) is 6.07 Å². The first-order valence-corrected chi connectivity index (χ1v) is 6.96. The van der Waals surface area contributed by atoms with Gasteiger partial charge >= 0.3 is 12.3 Å². The zero-order valence-corrected chi connectivity index (χ0v) is 13.8. The summed E-state index contributed by atoms with van der Waals surface area (Å²) < 4.78 is 43.8. The van der Waals surface area contributed by atoms with Gasteiger partial charge in [0, 0.05) is 5.69 Å². The average Bonchev–Trinajstić information content (AvgIpc) is 2.35. The van der Waals surface area contributed by atoms with Gasteiger partial charge in [0.25, 0.3) is 0 Å². The lowest BCUT2D eigenvalue weighted by Gasteiger charge is -2.25. The summed E-state index contributed by atoms with van der Waals surface area (Å²) >= 11 is 0. The van der Waals surface area contributed by atoms with Crippen molar-refractivity contribution in [2.24, 2.45) is 0 Å². The summed E-state index contributed by atoms with van der Waals surface area (Å²) in [6.45, 7) is 8.33. The molecule has 0 aliphatic heterocycles. The number of ether oxygens (including phenoxy) is 1. The summed E-state index contributed by atoms with van der Waals surface area (Å²) in [5.74, 6) is 2.50. The van der Waals surface area contributed by atoms with E-state index >= 15 is 0 Å². The predicted molar refractivity (Wildman–Crippen MR) is 83.2 cm³/mol. The molecule has 0 heterocycles. The fourth-order valence-electron chi connectivity index (χ4n) is 1.86. The smallest absolute Gasteiger partial charge is 0.416 e. The van der Waals surface area contributed by atoms with E-state index in [0.717, 1.165) is 12.1 Å². The van der Waals surface area contributed by atoms with E-state index in [0.29, 0.717) is 5.56 Å². The third-order valence-electron chi connectivity index (χ3n) is 3.02. The Bertz CT molecular complexity index is 635. The number of alkyl halides is 3. The van der Waals surface area contributed by atoms with Gasteiger partial charge in [-0.3, -0.25) is 5.32 Å². The zero-order chi connectivity index (χ0) is 18.1. The number of terminal acetylenes is 1. The number of rotatable bonds is 2. The molecule has 126 valence electrons. The molecule has 0 saturated carbocycles. The van der Waals surface area contributed by atoms with E-state index in [4.69, 9.17) is 11.2 Å². The number of anilines is 1. The molecule has 1 rings (SSSR count). The van der Waals surface area contributed by atoms with Gasteiger partial charge < -0.3 is 4.74 Å². The van der Waals surface area contributed by atoms with Crippen molar-refractivity contribution in [1.82, 2.24) is 0 Å². The van der Waals surface area contributed by atoms with Crippen molar-refractivity contribution in [2.45, 2.75) is 51.8 Å². The van der Waals surface area contributed by atoms with Crippen LogP contribution in [-0.4, -0.2) is 11.7 Å². The first-order valence-electron chi connectivity index (χ1n) is 6.96. The molecule has 0 atom stereocenters. The summed E-state index contributed by atoms with van der Waals surface area (Å²) in [5.41, 5.74) is -2.11. The normalized spacial score (nSPS) is 12.5. The summed E-state index contributed by atoms with van der Waals surface area (Å²) in [6.07, 6.45) is 0.0811. The van der Waals surface area contributed by atoms with Crippen molar-refractivity contribution in [1.29, 1.82) is 0 Å². The van der Waals surface area contributed by atoms with Gasteiger partial charge in [0.1, 0.15) is 5.60 Å². The molecule has 0 aliphatic rings. The van der Waals surface area contributed by atoms with Gasteiger partial charge in [-0.15, -0.1) is 6.42 Å². The molecule has 1 amide bonds. The van der Waals surface area contributed by atoms with Crippen LogP contribution in [0, 0.1) is 12.3 Å². The molecule has 23 heavy (non-hydrogen) atoms. The van der Waals surface area contributed by atoms with E-state index in [1.807, 2.05) is 0 Å². The Balaban J connectivity index is 3.30.